The lowest BCUT2D eigenvalue weighted by atomic mass is 9.93. The second-order valence-corrected chi connectivity index (χ2v) is 9.98. The average molecular weight is 521 g/mol. The van der Waals surface area contributed by atoms with E-state index >= 15 is 0 Å². The highest BCUT2D eigenvalue weighted by Crippen LogP contribution is 2.32. The number of aromatic nitrogens is 1. The molecule has 0 aliphatic carbocycles. The number of ether oxygens (including phenoxy) is 3. The van der Waals surface area contributed by atoms with Crippen molar-refractivity contribution in [2.24, 2.45) is 4.99 Å². The van der Waals surface area contributed by atoms with Gasteiger partial charge in [-0.15, -0.1) is 0 Å². The Morgan fingerprint density at radius 1 is 1.11 bits per heavy atom. The molecule has 7 nitrogen and oxygen atoms in total. The normalized spacial score (nSPS) is 15.4. The molecule has 1 atom stereocenters. The predicted octanol–water partition coefficient (Wildman–Crippen LogP) is 4.33. The second-order valence-electron chi connectivity index (χ2n) is 8.97. The smallest absolute Gasteiger partial charge is 0.338 e. The van der Waals surface area contributed by atoms with Crippen molar-refractivity contribution in [3.05, 3.63) is 90.1 Å². The van der Waals surface area contributed by atoms with Gasteiger partial charge >= 0.3 is 5.97 Å². The van der Waals surface area contributed by atoms with E-state index in [-0.39, 0.29) is 12.2 Å². The van der Waals surface area contributed by atoms with Crippen LogP contribution in [0.4, 0.5) is 0 Å². The molecule has 0 N–H and O–H groups in total. The van der Waals surface area contributed by atoms with Crippen molar-refractivity contribution in [1.82, 2.24) is 4.57 Å². The first kappa shape index (κ1) is 26.4. The fourth-order valence-electron chi connectivity index (χ4n) is 4.37. The van der Waals surface area contributed by atoms with Gasteiger partial charge in [0.05, 0.1) is 42.2 Å². The minimum absolute atomic E-state index is 0.218. The lowest BCUT2D eigenvalue weighted by Crippen LogP contribution is -2.39. The Morgan fingerprint density at radius 3 is 2.46 bits per heavy atom. The maximum atomic E-state index is 13.8. The number of hydrogen-bond acceptors (Lipinski definition) is 7. The fraction of sp³-hybridized carbons (Fsp3) is 0.345. The van der Waals surface area contributed by atoms with Gasteiger partial charge in [-0.2, -0.15) is 0 Å². The zero-order chi connectivity index (χ0) is 26.7. The standard InChI is InChI=1S/C29H32N2O5S/c1-7-35-23-15-19(9-14-22(23)34-6)16-24-27(32)31-26(21-12-10-20(11-13-21)17(3)4)25(28(33)36-8-2)18(5)30-29(31)37-24/h9-17,26H,7-8H2,1-6H3/b24-16-/t26-/m0/s1. The van der Waals surface area contributed by atoms with Gasteiger partial charge in [-0.3, -0.25) is 9.36 Å². The molecule has 0 saturated carbocycles. The lowest BCUT2D eigenvalue weighted by molar-refractivity contribution is -0.139. The van der Waals surface area contributed by atoms with Crippen LogP contribution in [0.3, 0.4) is 0 Å². The number of allylic oxidation sites excluding steroid dienone is 1. The molecule has 0 bridgehead atoms. The van der Waals surface area contributed by atoms with Crippen LogP contribution in [-0.2, 0) is 9.53 Å². The maximum absolute atomic E-state index is 13.8. The largest absolute Gasteiger partial charge is 0.493 e. The number of nitrogens with zero attached hydrogens (tertiary/aromatic N) is 2. The van der Waals surface area contributed by atoms with Crippen molar-refractivity contribution in [2.45, 2.75) is 46.6 Å². The molecule has 37 heavy (non-hydrogen) atoms. The Labute approximate surface area is 220 Å². The van der Waals surface area contributed by atoms with Gasteiger partial charge in [0, 0.05) is 0 Å². The van der Waals surface area contributed by atoms with E-state index in [4.69, 9.17) is 14.2 Å². The van der Waals surface area contributed by atoms with Crippen LogP contribution in [-0.4, -0.2) is 30.9 Å². The third-order valence-corrected chi connectivity index (χ3v) is 7.20. The quantitative estimate of drug-likeness (QED) is 0.413. The molecule has 2 aromatic carbocycles. The molecule has 0 radical (unpaired) electrons. The summed E-state index contributed by atoms with van der Waals surface area (Å²) in [5.41, 5.74) is 3.52. The number of thiazole rings is 1. The van der Waals surface area contributed by atoms with Crippen molar-refractivity contribution in [2.75, 3.05) is 20.3 Å². The van der Waals surface area contributed by atoms with Gasteiger partial charge < -0.3 is 14.2 Å². The molecule has 1 aromatic heterocycles. The number of carbonyl (C=O) groups excluding carboxylic acids is 1. The van der Waals surface area contributed by atoms with Gasteiger partial charge in [-0.05, 0) is 61.6 Å². The number of carbonyl (C=O) groups is 1. The fourth-order valence-corrected chi connectivity index (χ4v) is 5.42. The first-order chi connectivity index (χ1) is 17.8. The summed E-state index contributed by atoms with van der Waals surface area (Å²) in [6.07, 6.45) is 1.81. The van der Waals surface area contributed by atoms with Crippen molar-refractivity contribution in [3.63, 3.8) is 0 Å². The molecule has 8 heteroatoms. The van der Waals surface area contributed by atoms with Crippen LogP contribution < -0.4 is 24.4 Å². The van der Waals surface area contributed by atoms with Gasteiger partial charge in [-0.1, -0.05) is 55.5 Å². The average Bonchev–Trinajstić information content (AvgIpc) is 3.18. The summed E-state index contributed by atoms with van der Waals surface area (Å²) in [6, 6.07) is 12.9. The number of benzene rings is 2. The number of methoxy groups -OCH3 is 1. The molecule has 194 valence electrons. The first-order valence-corrected chi connectivity index (χ1v) is 13.2. The summed E-state index contributed by atoms with van der Waals surface area (Å²) in [4.78, 5) is 32.0. The van der Waals surface area contributed by atoms with E-state index in [1.54, 1.807) is 25.5 Å². The van der Waals surface area contributed by atoms with Gasteiger partial charge in [-0.25, -0.2) is 9.79 Å². The maximum Gasteiger partial charge on any atom is 0.338 e. The van der Waals surface area contributed by atoms with Crippen LogP contribution >= 0.6 is 11.3 Å². The highest BCUT2D eigenvalue weighted by atomic mass is 32.1. The van der Waals surface area contributed by atoms with E-state index in [0.29, 0.717) is 44.6 Å². The highest BCUT2D eigenvalue weighted by Gasteiger charge is 2.33. The molecular formula is C29H32N2O5S. The van der Waals surface area contributed by atoms with Crippen LogP contribution in [0.25, 0.3) is 6.08 Å². The zero-order valence-electron chi connectivity index (χ0n) is 22.0. The second kappa shape index (κ2) is 11.2. The minimum atomic E-state index is -0.631. The van der Waals surface area contributed by atoms with E-state index in [9.17, 15) is 9.59 Å². The Balaban J connectivity index is 1.90. The molecule has 0 fully saturated rings. The van der Waals surface area contributed by atoms with Gasteiger partial charge in [0.15, 0.2) is 16.3 Å². The third-order valence-electron chi connectivity index (χ3n) is 6.22. The van der Waals surface area contributed by atoms with E-state index in [2.05, 4.69) is 18.8 Å². The van der Waals surface area contributed by atoms with Crippen LogP contribution in [0.2, 0.25) is 0 Å². The minimum Gasteiger partial charge on any atom is -0.493 e. The summed E-state index contributed by atoms with van der Waals surface area (Å²) in [5, 5.41) is 0. The predicted molar refractivity (Wildman–Crippen MR) is 145 cm³/mol. The summed E-state index contributed by atoms with van der Waals surface area (Å²) >= 11 is 1.29. The van der Waals surface area contributed by atoms with Crippen molar-refractivity contribution < 1.29 is 19.0 Å². The van der Waals surface area contributed by atoms with E-state index < -0.39 is 12.0 Å². The first-order valence-electron chi connectivity index (χ1n) is 12.4. The molecule has 0 amide bonds. The number of esters is 1. The van der Waals surface area contributed by atoms with Crippen LogP contribution in [0.15, 0.2) is 63.5 Å². The van der Waals surface area contributed by atoms with Crippen LogP contribution in [0.5, 0.6) is 11.5 Å². The summed E-state index contributed by atoms with van der Waals surface area (Å²) in [6.45, 7) is 10.4. The van der Waals surface area contributed by atoms with E-state index in [1.807, 2.05) is 55.5 Å². The molecule has 4 rings (SSSR count). The van der Waals surface area contributed by atoms with Gasteiger partial charge in [0.25, 0.3) is 5.56 Å². The zero-order valence-corrected chi connectivity index (χ0v) is 22.8. The Kier molecular flexibility index (Phi) is 7.97. The summed E-state index contributed by atoms with van der Waals surface area (Å²) < 4.78 is 18.6. The highest BCUT2D eigenvalue weighted by molar-refractivity contribution is 7.07. The van der Waals surface area contributed by atoms with Gasteiger partial charge in [0.2, 0.25) is 0 Å². The topological polar surface area (TPSA) is 79.1 Å². The van der Waals surface area contributed by atoms with Crippen molar-refractivity contribution in [1.29, 1.82) is 0 Å². The van der Waals surface area contributed by atoms with E-state index in [1.165, 1.54) is 16.9 Å². The van der Waals surface area contributed by atoms with Gasteiger partial charge in [0.1, 0.15) is 0 Å². The summed E-state index contributed by atoms with van der Waals surface area (Å²) in [7, 11) is 1.59. The molecule has 0 spiro atoms. The molecule has 3 aromatic rings. The molecular weight excluding hydrogens is 488 g/mol. The Hall–Kier alpha value is -3.65. The molecule has 2 heterocycles. The van der Waals surface area contributed by atoms with Crippen molar-refractivity contribution >= 4 is 23.4 Å². The Morgan fingerprint density at radius 2 is 1.84 bits per heavy atom. The summed E-state index contributed by atoms with van der Waals surface area (Å²) in [5.74, 6) is 1.13. The number of rotatable bonds is 8. The third kappa shape index (κ3) is 5.25. The number of fused-ring (bicyclic) bond motifs is 1. The lowest BCUT2D eigenvalue weighted by Gasteiger charge is -2.25. The van der Waals surface area contributed by atoms with E-state index in [0.717, 1.165) is 11.1 Å². The number of hydrogen-bond donors (Lipinski definition) is 0. The monoisotopic (exact) mass is 520 g/mol. The molecule has 1 aliphatic rings. The van der Waals surface area contributed by atoms with Crippen molar-refractivity contribution in [3.8, 4) is 11.5 Å². The molecule has 1 aliphatic heterocycles. The Bertz CT molecular complexity index is 1510. The molecule has 0 unspecified atom stereocenters. The SMILES string of the molecule is CCOC(=O)C1=C(C)N=c2s/c(=C\c3ccc(OC)c(OCC)c3)c(=O)n2[C@H]1c1ccc(C(C)C)cc1. The van der Waals surface area contributed by atoms with Crippen LogP contribution in [0.1, 0.15) is 63.3 Å². The van der Waals surface area contributed by atoms with Crippen LogP contribution in [0, 0.1) is 0 Å². The molecule has 0 saturated heterocycles.